The van der Waals surface area contributed by atoms with Gasteiger partial charge in [0.25, 0.3) is 0 Å². The topological polar surface area (TPSA) is 18.5 Å². The fourth-order valence-electron chi connectivity index (χ4n) is 3.51. The molecule has 0 aliphatic heterocycles. The molecule has 1 atom stereocenters. The van der Waals surface area contributed by atoms with Crippen molar-refractivity contribution in [3.63, 3.8) is 0 Å². The van der Waals surface area contributed by atoms with E-state index in [0.29, 0.717) is 11.0 Å². The van der Waals surface area contributed by atoms with Gasteiger partial charge in [0.15, 0.2) is 0 Å². The van der Waals surface area contributed by atoms with Crippen molar-refractivity contribution in [1.29, 1.82) is 0 Å². The fourth-order valence-corrected chi connectivity index (χ4v) is 3.51. The van der Waals surface area contributed by atoms with Gasteiger partial charge in [-0.3, -0.25) is 0 Å². The Morgan fingerprint density at radius 2 is 1.85 bits per heavy atom. The third-order valence-corrected chi connectivity index (χ3v) is 5.70. The minimum Gasteiger partial charge on any atom is -0.313 e. The van der Waals surface area contributed by atoms with Gasteiger partial charge in [0.2, 0.25) is 0 Å². The molecule has 118 valence electrons. The molecule has 0 radical (unpaired) electrons. The van der Waals surface area contributed by atoms with Crippen LogP contribution in [0.5, 0.6) is 0 Å². The van der Waals surface area contributed by atoms with Crippen molar-refractivity contribution in [3.8, 4) is 0 Å². The summed E-state index contributed by atoms with van der Waals surface area (Å²) in [5, 5.41) is 3.73. The van der Waals surface area contributed by atoms with Crippen molar-refractivity contribution >= 4 is 0 Å². The van der Waals surface area contributed by atoms with Crippen LogP contribution < -0.4 is 5.32 Å². The van der Waals surface area contributed by atoms with Crippen LogP contribution in [0.15, 0.2) is 0 Å². The van der Waals surface area contributed by atoms with Crippen LogP contribution in [-0.4, -0.2) is 62.2 Å². The highest BCUT2D eigenvalue weighted by molar-refractivity contribution is 4.98. The normalized spacial score (nSPS) is 24.8. The molecule has 2 aliphatic rings. The molecule has 3 heteroatoms. The average Bonchev–Trinajstić information content (AvgIpc) is 3.15. The lowest BCUT2D eigenvalue weighted by molar-refractivity contribution is 0.0168. The van der Waals surface area contributed by atoms with Gasteiger partial charge in [-0.05, 0) is 65.1 Å². The van der Waals surface area contributed by atoms with E-state index in [2.05, 4.69) is 50.1 Å². The third kappa shape index (κ3) is 3.96. The Balaban J connectivity index is 1.82. The molecule has 2 fully saturated rings. The first-order valence-corrected chi connectivity index (χ1v) is 8.48. The first kappa shape index (κ1) is 16.3. The molecule has 0 amide bonds. The number of nitrogens with zero attached hydrogens (tertiary/aromatic N) is 2. The first-order chi connectivity index (χ1) is 9.39. The van der Waals surface area contributed by atoms with Gasteiger partial charge in [0.1, 0.15) is 0 Å². The Kier molecular flexibility index (Phi) is 5.14. The molecule has 0 bridgehead atoms. The van der Waals surface area contributed by atoms with Crippen molar-refractivity contribution in [2.75, 3.05) is 40.8 Å². The van der Waals surface area contributed by atoms with Crippen LogP contribution in [0.3, 0.4) is 0 Å². The van der Waals surface area contributed by atoms with Crippen molar-refractivity contribution in [2.45, 2.75) is 64.0 Å². The van der Waals surface area contributed by atoms with Gasteiger partial charge < -0.3 is 15.1 Å². The van der Waals surface area contributed by atoms with Crippen LogP contribution in [-0.2, 0) is 0 Å². The maximum Gasteiger partial charge on any atom is 0.0330 e. The molecule has 0 aromatic carbocycles. The predicted molar refractivity (Wildman–Crippen MR) is 87.2 cm³/mol. The monoisotopic (exact) mass is 281 g/mol. The van der Waals surface area contributed by atoms with Gasteiger partial charge in [-0.1, -0.05) is 13.8 Å². The number of hydrogen-bond donors (Lipinski definition) is 1. The molecule has 0 saturated heterocycles. The Labute approximate surface area is 126 Å². The zero-order valence-corrected chi connectivity index (χ0v) is 14.3. The van der Waals surface area contributed by atoms with Gasteiger partial charge in [-0.15, -0.1) is 0 Å². The Hall–Kier alpha value is -0.120. The summed E-state index contributed by atoms with van der Waals surface area (Å²) in [6.45, 7) is 8.39. The van der Waals surface area contributed by atoms with Gasteiger partial charge in [0, 0.05) is 31.2 Å². The summed E-state index contributed by atoms with van der Waals surface area (Å²) < 4.78 is 0. The molecule has 1 unspecified atom stereocenters. The summed E-state index contributed by atoms with van der Waals surface area (Å²) in [7, 11) is 6.82. The van der Waals surface area contributed by atoms with E-state index in [4.69, 9.17) is 0 Å². The molecule has 0 aromatic rings. The van der Waals surface area contributed by atoms with Gasteiger partial charge in [-0.2, -0.15) is 0 Å². The second kappa shape index (κ2) is 6.33. The second-order valence-corrected chi connectivity index (χ2v) is 7.96. The number of hydrogen-bond acceptors (Lipinski definition) is 3. The van der Waals surface area contributed by atoms with Crippen LogP contribution in [0.2, 0.25) is 0 Å². The summed E-state index contributed by atoms with van der Waals surface area (Å²) in [5.41, 5.74) is 0.863. The van der Waals surface area contributed by atoms with E-state index < -0.39 is 0 Å². The van der Waals surface area contributed by atoms with E-state index in [1.807, 2.05) is 0 Å². The van der Waals surface area contributed by atoms with Crippen molar-refractivity contribution in [1.82, 2.24) is 15.1 Å². The molecule has 0 heterocycles. The summed E-state index contributed by atoms with van der Waals surface area (Å²) in [5.74, 6) is 0. The molecule has 0 spiro atoms. The average molecular weight is 281 g/mol. The molecular formula is C17H35N3. The number of nitrogens with one attached hydrogen (secondary N) is 1. The van der Waals surface area contributed by atoms with Crippen LogP contribution in [0.1, 0.15) is 52.4 Å². The third-order valence-electron chi connectivity index (χ3n) is 5.70. The van der Waals surface area contributed by atoms with Gasteiger partial charge in [-0.25, -0.2) is 0 Å². The van der Waals surface area contributed by atoms with Gasteiger partial charge >= 0.3 is 0 Å². The van der Waals surface area contributed by atoms with Crippen LogP contribution in [0, 0.1) is 5.41 Å². The highest BCUT2D eigenvalue weighted by atomic mass is 15.2. The molecule has 3 nitrogen and oxygen atoms in total. The van der Waals surface area contributed by atoms with Crippen LogP contribution in [0.25, 0.3) is 0 Å². The Bertz CT molecular complexity index is 307. The van der Waals surface area contributed by atoms with Crippen molar-refractivity contribution in [2.24, 2.45) is 5.41 Å². The fraction of sp³-hybridized carbons (Fsp3) is 1.00. The number of rotatable bonds is 9. The zero-order chi connectivity index (χ0) is 14.8. The summed E-state index contributed by atoms with van der Waals surface area (Å²) in [6, 6.07) is 0.825. The van der Waals surface area contributed by atoms with E-state index >= 15 is 0 Å². The molecule has 2 saturated carbocycles. The molecule has 2 aliphatic carbocycles. The summed E-state index contributed by atoms with van der Waals surface area (Å²) >= 11 is 0. The zero-order valence-electron chi connectivity index (χ0n) is 14.3. The van der Waals surface area contributed by atoms with E-state index in [0.717, 1.165) is 6.04 Å². The van der Waals surface area contributed by atoms with Gasteiger partial charge in [0.05, 0.1) is 0 Å². The van der Waals surface area contributed by atoms with E-state index in [-0.39, 0.29) is 0 Å². The highest BCUT2D eigenvalue weighted by Crippen LogP contribution is 2.37. The maximum atomic E-state index is 3.73. The Morgan fingerprint density at radius 1 is 1.20 bits per heavy atom. The quantitative estimate of drug-likeness (QED) is 0.701. The first-order valence-electron chi connectivity index (χ1n) is 8.48. The molecule has 2 rings (SSSR count). The van der Waals surface area contributed by atoms with Crippen molar-refractivity contribution < 1.29 is 0 Å². The smallest absolute Gasteiger partial charge is 0.0330 e. The minimum absolute atomic E-state index is 0.411. The molecule has 0 aromatic heterocycles. The van der Waals surface area contributed by atoms with E-state index in [1.54, 1.807) is 0 Å². The lowest BCUT2D eigenvalue weighted by Gasteiger charge is -2.50. The maximum absolute atomic E-state index is 3.73. The SMILES string of the molecule is CCC(C)(CNC1CC1)CN(C)CC1(N(C)C)CCC1. The van der Waals surface area contributed by atoms with Crippen molar-refractivity contribution in [3.05, 3.63) is 0 Å². The molecular weight excluding hydrogens is 246 g/mol. The summed E-state index contributed by atoms with van der Waals surface area (Å²) in [6.07, 6.45) is 8.17. The minimum atomic E-state index is 0.411. The predicted octanol–water partition coefficient (Wildman–Crippen LogP) is 2.57. The number of likely N-dealkylation sites (N-methyl/N-ethyl adjacent to an activating group) is 2. The lowest BCUT2D eigenvalue weighted by Crippen LogP contribution is -2.57. The molecule has 1 N–H and O–H groups in total. The van der Waals surface area contributed by atoms with Crippen LogP contribution >= 0.6 is 0 Å². The largest absolute Gasteiger partial charge is 0.313 e. The molecule has 20 heavy (non-hydrogen) atoms. The van der Waals surface area contributed by atoms with Crippen LogP contribution in [0.4, 0.5) is 0 Å². The highest BCUT2D eigenvalue weighted by Gasteiger charge is 2.40. The lowest BCUT2D eigenvalue weighted by atomic mass is 9.75. The standard InChI is InChI=1S/C17H35N3/c1-6-16(2,12-18-15-8-9-15)13-20(5)14-17(19(3)4)10-7-11-17/h15,18H,6-14H2,1-5H3. The second-order valence-electron chi connectivity index (χ2n) is 7.96. The Morgan fingerprint density at radius 3 is 2.25 bits per heavy atom. The van der Waals surface area contributed by atoms with E-state index in [1.165, 1.54) is 58.2 Å². The summed E-state index contributed by atoms with van der Waals surface area (Å²) in [4.78, 5) is 5.04. The van der Waals surface area contributed by atoms with E-state index in [9.17, 15) is 0 Å².